The van der Waals surface area contributed by atoms with Crippen LogP contribution in [0.2, 0.25) is 5.15 Å². The fourth-order valence-corrected chi connectivity index (χ4v) is 2.98. The maximum absolute atomic E-state index is 6.22. The number of anilines is 1. The molecule has 0 aromatic carbocycles. The highest BCUT2D eigenvalue weighted by Gasteiger charge is 2.27. The van der Waals surface area contributed by atoms with Crippen molar-refractivity contribution in [2.75, 3.05) is 11.4 Å². The van der Waals surface area contributed by atoms with E-state index in [-0.39, 0.29) is 0 Å². The van der Waals surface area contributed by atoms with E-state index >= 15 is 0 Å². The topological polar surface area (TPSA) is 29.0 Å². The van der Waals surface area contributed by atoms with Gasteiger partial charge in [-0.05, 0) is 25.2 Å². The van der Waals surface area contributed by atoms with E-state index in [1.54, 1.807) is 6.33 Å². The summed E-state index contributed by atoms with van der Waals surface area (Å²) in [6, 6.07) is 0.610. The van der Waals surface area contributed by atoms with Gasteiger partial charge in [0.2, 0.25) is 0 Å². The zero-order valence-corrected chi connectivity index (χ0v) is 11.5. The van der Waals surface area contributed by atoms with Gasteiger partial charge in [-0.25, -0.2) is 9.97 Å². The first-order valence-corrected chi connectivity index (χ1v) is 6.80. The average molecular weight is 254 g/mol. The Morgan fingerprint density at radius 1 is 1.47 bits per heavy atom. The third-order valence-corrected chi connectivity index (χ3v) is 3.81. The maximum Gasteiger partial charge on any atom is 0.138 e. The van der Waals surface area contributed by atoms with Crippen molar-refractivity contribution in [2.45, 2.75) is 52.0 Å². The third-order valence-electron chi connectivity index (χ3n) is 3.51. The SMILES string of the molecule is CCC1CCCN1c1ncnc(Cl)c1C(C)C. The lowest BCUT2D eigenvalue weighted by Gasteiger charge is -2.28. The van der Waals surface area contributed by atoms with E-state index in [9.17, 15) is 0 Å². The third kappa shape index (κ3) is 2.39. The molecule has 1 aliphatic rings. The lowest BCUT2D eigenvalue weighted by Crippen LogP contribution is -2.30. The van der Waals surface area contributed by atoms with Crippen LogP contribution >= 0.6 is 11.6 Å². The molecule has 1 unspecified atom stereocenters. The van der Waals surface area contributed by atoms with Gasteiger partial charge in [0.1, 0.15) is 17.3 Å². The molecule has 2 rings (SSSR count). The number of nitrogens with zero attached hydrogens (tertiary/aromatic N) is 3. The maximum atomic E-state index is 6.22. The van der Waals surface area contributed by atoms with Gasteiger partial charge in [0.25, 0.3) is 0 Å². The number of hydrogen-bond acceptors (Lipinski definition) is 3. The Hall–Kier alpha value is -0.830. The van der Waals surface area contributed by atoms with Gasteiger partial charge in [-0.2, -0.15) is 0 Å². The van der Waals surface area contributed by atoms with Crippen LogP contribution in [0.25, 0.3) is 0 Å². The van der Waals surface area contributed by atoms with Gasteiger partial charge in [0, 0.05) is 18.2 Å². The van der Waals surface area contributed by atoms with E-state index in [4.69, 9.17) is 11.6 Å². The van der Waals surface area contributed by atoms with Crippen molar-refractivity contribution in [3.05, 3.63) is 17.0 Å². The first kappa shape index (κ1) is 12.6. The molecule has 94 valence electrons. The van der Waals surface area contributed by atoms with Crippen molar-refractivity contribution >= 4 is 17.4 Å². The summed E-state index contributed by atoms with van der Waals surface area (Å²) in [6.07, 6.45) is 5.25. The lowest BCUT2D eigenvalue weighted by molar-refractivity contribution is 0.635. The molecule has 4 heteroatoms. The number of rotatable bonds is 3. The molecule has 0 N–H and O–H groups in total. The van der Waals surface area contributed by atoms with E-state index < -0.39 is 0 Å². The van der Waals surface area contributed by atoms with E-state index in [1.807, 2.05) is 0 Å². The predicted molar refractivity (Wildman–Crippen MR) is 71.8 cm³/mol. The normalized spacial score (nSPS) is 20.3. The molecule has 1 atom stereocenters. The number of hydrogen-bond donors (Lipinski definition) is 0. The van der Waals surface area contributed by atoms with Crippen molar-refractivity contribution < 1.29 is 0 Å². The molecule has 1 fully saturated rings. The van der Waals surface area contributed by atoms with E-state index in [0.717, 1.165) is 17.9 Å². The Balaban J connectivity index is 2.40. The van der Waals surface area contributed by atoms with Crippen LogP contribution in [0.3, 0.4) is 0 Å². The van der Waals surface area contributed by atoms with Crippen LogP contribution in [0.15, 0.2) is 6.33 Å². The fraction of sp³-hybridized carbons (Fsp3) is 0.692. The molecule has 2 heterocycles. The molecule has 1 aromatic heterocycles. The molecule has 0 aliphatic carbocycles. The summed E-state index contributed by atoms with van der Waals surface area (Å²) in [7, 11) is 0. The van der Waals surface area contributed by atoms with Crippen LogP contribution in [0.4, 0.5) is 5.82 Å². The van der Waals surface area contributed by atoms with Gasteiger partial charge >= 0.3 is 0 Å². The number of aromatic nitrogens is 2. The van der Waals surface area contributed by atoms with Crippen molar-refractivity contribution in [1.29, 1.82) is 0 Å². The first-order chi connectivity index (χ1) is 8.15. The van der Waals surface area contributed by atoms with E-state index in [2.05, 4.69) is 35.6 Å². The van der Waals surface area contributed by atoms with Gasteiger partial charge in [0.15, 0.2) is 0 Å². The monoisotopic (exact) mass is 253 g/mol. The Morgan fingerprint density at radius 3 is 2.88 bits per heavy atom. The second-order valence-corrected chi connectivity index (χ2v) is 5.31. The summed E-state index contributed by atoms with van der Waals surface area (Å²) in [5.41, 5.74) is 1.09. The minimum absolute atomic E-state index is 0.358. The standard InChI is InChI=1S/C13H20ClN3/c1-4-10-6-5-7-17(10)13-11(9(2)3)12(14)15-8-16-13/h8-10H,4-7H2,1-3H3. The predicted octanol–water partition coefficient (Wildman–Crippen LogP) is 3.63. The van der Waals surface area contributed by atoms with Gasteiger partial charge < -0.3 is 4.90 Å². The lowest BCUT2D eigenvalue weighted by atomic mass is 10.0. The van der Waals surface area contributed by atoms with Crippen molar-refractivity contribution in [2.24, 2.45) is 0 Å². The second kappa shape index (κ2) is 5.21. The molecule has 0 amide bonds. The molecule has 0 radical (unpaired) electrons. The minimum atomic E-state index is 0.358. The van der Waals surface area contributed by atoms with Gasteiger partial charge in [-0.1, -0.05) is 32.4 Å². The Labute approximate surface area is 108 Å². The fourth-order valence-electron chi connectivity index (χ4n) is 2.63. The van der Waals surface area contributed by atoms with Crippen LogP contribution in [0.1, 0.15) is 51.5 Å². The van der Waals surface area contributed by atoms with Gasteiger partial charge in [-0.15, -0.1) is 0 Å². The Morgan fingerprint density at radius 2 is 2.24 bits per heavy atom. The highest BCUT2D eigenvalue weighted by Crippen LogP contribution is 2.34. The second-order valence-electron chi connectivity index (χ2n) is 4.95. The molecular weight excluding hydrogens is 234 g/mol. The molecule has 17 heavy (non-hydrogen) atoms. The van der Waals surface area contributed by atoms with Crippen LogP contribution in [-0.4, -0.2) is 22.6 Å². The van der Waals surface area contributed by atoms with Crippen LogP contribution < -0.4 is 4.90 Å². The first-order valence-electron chi connectivity index (χ1n) is 6.42. The largest absolute Gasteiger partial charge is 0.353 e. The zero-order chi connectivity index (χ0) is 12.4. The van der Waals surface area contributed by atoms with Gasteiger partial charge in [-0.3, -0.25) is 0 Å². The summed E-state index contributed by atoms with van der Waals surface area (Å²) >= 11 is 6.22. The molecule has 1 aliphatic heterocycles. The molecule has 0 bridgehead atoms. The van der Waals surface area contributed by atoms with Gasteiger partial charge in [0.05, 0.1) is 0 Å². The Bertz CT molecular complexity index is 392. The van der Waals surface area contributed by atoms with Crippen molar-refractivity contribution in [1.82, 2.24) is 9.97 Å². The van der Waals surface area contributed by atoms with Crippen molar-refractivity contribution in [3.63, 3.8) is 0 Å². The quantitative estimate of drug-likeness (QED) is 0.771. The zero-order valence-electron chi connectivity index (χ0n) is 10.8. The number of halogens is 1. The molecule has 0 spiro atoms. The molecule has 3 nitrogen and oxygen atoms in total. The molecule has 0 saturated carbocycles. The summed E-state index contributed by atoms with van der Waals surface area (Å²) in [5, 5.41) is 0.603. The van der Waals surface area contributed by atoms with Crippen LogP contribution in [0.5, 0.6) is 0 Å². The molecule has 1 saturated heterocycles. The van der Waals surface area contributed by atoms with Crippen molar-refractivity contribution in [3.8, 4) is 0 Å². The highest BCUT2D eigenvalue weighted by molar-refractivity contribution is 6.30. The van der Waals surface area contributed by atoms with E-state index in [0.29, 0.717) is 17.1 Å². The van der Waals surface area contributed by atoms with Crippen LogP contribution in [0, 0.1) is 0 Å². The summed E-state index contributed by atoms with van der Waals surface area (Å²) in [4.78, 5) is 11.0. The summed E-state index contributed by atoms with van der Waals surface area (Å²) in [5.74, 6) is 1.40. The average Bonchev–Trinajstić information content (AvgIpc) is 2.75. The van der Waals surface area contributed by atoms with Crippen LogP contribution in [-0.2, 0) is 0 Å². The Kier molecular flexibility index (Phi) is 3.87. The summed E-state index contributed by atoms with van der Waals surface area (Å²) < 4.78 is 0. The molecule has 1 aromatic rings. The highest BCUT2D eigenvalue weighted by atomic mass is 35.5. The minimum Gasteiger partial charge on any atom is -0.353 e. The van der Waals surface area contributed by atoms with E-state index in [1.165, 1.54) is 19.3 Å². The molecular formula is C13H20ClN3. The summed E-state index contributed by atoms with van der Waals surface area (Å²) in [6.45, 7) is 7.61. The smallest absolute Gasteiger partial charge is 0.138 e.